The van der Waals surface area contributed by atoms with E-state index in [1.165, 1.54) is 25.7 Å². The molecule has 0 amide bonds. The highest BCUT2D eigenvalue weighted by molar-refractivity contribution is 5.85. The maximum absolute atomic E-state index is 11.5. The Morgan fingerprint density at radius 2 is 1.85 bits per heavy atom. The van der Waals surface area contributed by atoms with E-state index < -0.39 is 0 Å². The Morgan fingerprint density at radius 3 is 2.46 bits per heavy atom. The number of halogens is 1. The molecule has 13 heavy (non-hydrogen) atoms. The van der Waals surface area contributed by atoms with Gasteiger partial charge in [0.2, 0.25) is 0 Å². The lowest BCUT2D eigenvalue weighted by Crippen LogP contribution is -2.46. The van der Waals surface area contributed by atoms with Gasteiger partial charge in [0.15, 0.2) is 0 Å². The van der Waals surface area contributed by atoms with Crippen molar-refractivity contribution in [3.05, 3.63) is 0 Å². The predicted molar refractivity (Wildman–Crippen MR) is 55.2 cm³/mol. The summed E-state index contributed by atoms with van der Waals surface area (Å²) in [5.74, 6) is 1.13. The first kappa shape index (κ1) is 11.0. The van der Waals surface area contributed by atoms with Gasteiger partial charge in [-0.1, -0.05) is 12.8 Å². The minimum absolute atomic E-state index is 0. The van der Waals surface area contributed by atoms with Crippen molar-refractivity contribution in [3.8, 4) is 0 Å². The van der Waals surface area contributed by atoms with Crippen LogP contribution in [-0.4, -0.2) is 18.4 Å². The van der Waals surface area contributed by atoms with Crippen LogP contribution in [-0.2, 0) is 4.79 Å². The lowest BCUT2D eigenvalue weighted by Gasteiger charge is -2.27. The maximum Gasteiger partial charge on any atom is 0.150 e. The molecule has 1 saturated carbocycles. The minimum atomic E-state index is 0. The number of rotatable bonds is 1. The molecule has 1 aliphatic heterocycles. The van der Waals surface area contributed by atoms with Gasteiger partial charge in [0.1, 0.15) is 5.78 Å². The van der Waals surface area contributed by atoms with Crippen LogP contribution in [0.25, 0.3) is 0 Å². The zero-order chi connectivity index (χ0) is 8.39. The first-order valence-corrected chi connectivity index (χ1v) is 5.14. The molecule has 1 atom stereocenters. The number of Topliss-reactive ketones (excluding diaryl/α,β-unsaturated/α-hetero) is 1. The van der Waals surface area contributed by atoms with E-state index >= 15 is 0 Å². The van der Waals surface area contributed by atoms with Crippen LogP contribution in [0.1, 0.15) is 38.5 Å². The van der Waals surface area contributed by atoms with Gasteiger partial charge >= 0.3 is 0 Å². The molecule has 0 aromatic heterocycles. The molecule has 1 N–H and O–H groups in total. The van der Waals surface area contributed by atoms with Gasteiger partial charge in [-0.2, -0.15) is 0 Å². The van der Waals surface area contributed by atoms with E-state index in [2.05, 4.69) is 5.32 Å². The molecule has 2 fully saturated rings. The van der Waals surface area contributed by atoms with Gasteiger partial charge in [-0.05, 0) is 31.7 Å². The summed E-state index contributed by atoms with van der Waals surface area (Å²) in [6.07, 6.45) is 7.05. The van der Waals surface area contributed by atoms with Gasteiger partial charge in [0.25, 0.3) is 0 Å². The van der Waals surface area contributed by atoms with E-state index in [1.807, 2.05) is 0 Å². The summed E-state index contributed by atoms with van der Waals surface area (Å²) in [6.45, 7) is 1.05. The third-order valence-electron chi connectivity index (χ3n) is 3.18. The largest absolute Gasteiger partial charge is 0.307 e. The number of hydrogen-bond donors (Lipinski definition) is 1. The molecule has 2 aliphatic rings. The standard InChI is InChI=1S/C10H17NO.ClH/c12-9-6-3-7-11-10(9)8-4-1-2-5-8;/h8,10-11H,1-7H2;1H. The van der Waals surface area contributed by atoms with Crippen LogP contribution < -0.4 is 5.32 Å². The number of hydrogen-bond acceptors (Lipinski definition) is 2. The zero-order valence-electron chi connectivity index (χ0n) is 7.92. The summed E-state index contributed by atoms with van der Waals surface area (Å²) in [5, 5.41) is 3.36. The number of piperidine rings is 1. The summed E-state index contributed by atoms with van der Waals surface area (Å²) >= 11 is 0. The van der Waals surface area contributed by atoms with Crippen molar-refractivity contribution in [2.24, 2.45) is 5.92 Å². The van der Waals surface area contributed by atoms with Crippen molar-refractivity contribution in [1.29, 1.82) is 0 Å². The van der Waals surface area contributed by atoms with Gasteiger partial charge in [0.05, 0.1) is 6.04 Å². The summed E-state index contributed by atoms with van der Waals surface area (Å²) in [5.41, 5.74) is 0. The second-order valence-electron chi connectivity index (χ2n) is 4.05. The van der Waals surface area contributed by atoms with E-state index in [-0.39, 0.29) is 18.4 Å². The minimum Gasteiger partial charge on any atom is -0.307 e. The first-order valence-electron chi connectivity index (χ1n) is 5.14. The monoisotopic (exact) mass is 203 g/mol. The highest BCUT2D eigenvalue weighted by Gasteiger charge is 2.31. The van der Waals surface area contributed by atoms with Crippen LogP contribution in [0.5, 0.6) is 0 Å². The van der Waals surface area contributed by atoms with Gasteiger partial charge in [-0.15, -0.1) is 12.4 Å². The zero-order valence-corrected chi connectivity index (χ0v) is 8.74. The number of carbonyl (C=O) groups excluding carboxylic acids is 1. The van der Waals surface area contributed by atoms with Gasteiger partial charge in [0, 0.05) is 6.42 Å². The summed E-state index contributed by atoms with van der Waals surface area (Å²) in [7, 11) is 0. The average Bonchev–Trinajstić information content (AvgIpc) is 2.57. The van der Waals surface area contributed by atoms with Crippen LogP contribution in [0.3, 0.4) is 0 Å². The molecule has 76 valence electrons. The first-order chi connectivity index (χ1) is 5.88. The Bertz CT molecular complexity index is 178. The van der Waals surface area contributed by atoms with Crippen molar-refractivity contribution in [2.75, 3.05) is 6.54 Å². The predicted octanol–water partition coefficient (Wildman–Crippen LogP) is 1.92. The second-order valence-corrected chi connectivity index (χ2v) is 4.05. The lowest BCUT2D eigenvalue weighted by atomic mass is 9.90. The molecule has 2 nitrogen and oxygen atoms in total. The maximum atomic E-state index is 11.5. The molecule has 3 heteroatoms. The van der Waals surface area contributed by atoms with Gasteiger partial charge in [-0.25, -0.2) is 0 Å². The molecule has 0 bridgehead atoms. The van der Waals surface area contributed by atoms with Gasteiger partial charge in [-0.3, -0.25) is 4.79 Å². The van der Waals surface area contributed by atoms with Crippen molar-refractivity contribution >= 4 is 18.2 Å². The quantitative estimate of drug-likeness (QED) is 0.706. The normalized spacial score (nSPS) is 30.2. The Hall–Kier alpha value is -0.0800. The molecule has 1 saturated heterocycles. The smallest absolute Gasteiger partial charge is 0.150 e. The highest BCUT2D eigenvalue weighted by atomic mass is 35.5. The fourth-order valence-electron chi connectivity index (χ4n) is 2.51. The van der Waals surface area contributed by atoms with Crippen LogP contribution in [0.4, 0.5) is 0 Å². The lowest BCUT2D eigenvalue weighted by molar-refractivity contribution is -0.123. The Morgan fingerprint density at radius 1 is 1.15 bits per heavy atom. The van der Waals surface area contributed by atoms with E-state index in [9.17, 15) is 4.79 Å². The van der Waals surface area contributed by atoms with Gasteiger partial charge < -0.3 is 5.32 Å². The van der Waals surface area contributed by atoms with Crippen molar-refractivity contribution in [3.63, 3.8) is 0 Å². The molecular weight excluding hydrogens is 186 g/mol. The molecule has 1 unspecified atom stereocenters. The fourth-order valence-corrected chi connectivity index (χ4v) is 2.51. The molecule has 0 aromatic rings. The van der Waals surface area contributed by atoms with E-state index in [0.717, 1.165) is 19.4 Å². The van der Waals surface area contributed by atoms with Crippen LogP contribution in [0.15, 0.2) is 0 Å². The van der Waals surface area contributed by atoms with Crippen LogP contribution >= 0.6 is 12.4 Å². The molecule has 0 radical (unpaired) electrons. The third-order valence-corrected chi connectivity index (χ3v) is 3.18. The van der Waals surface area contributed by atoms with Crippen molar-refractivity contribution in [2.45, 2.75) is 44.6 Å². The molecule has 1 aliphatic carbocycles. The topological polar surface area (TPSA) is 29.1 Å². The van der Waals surface area contributed by atoms with E-state index in [4.69, 9.17) is 0 Å². The number of ketones is 1. The van der Waals surface area contributed by atoms with E-state index in [1.54, 1.807) is 0 Å². The summed E-state index contributed by atoms with van der Waals surface area (Å²) in [6, 6.07) is 0.223. The second kappa shape index (κ2) is 4.97. The van der Waals surface area contributed by atoms with Crippen molar-refractivity contribution in [1.82, 2.24) is 5.32 Å². The Labute approximate surface area is 85.9 Å². The third kappa shape index (κ3) is 2.44. The summed E-state index contributed by atoms with van der Waals surface area (Å²) < 4.78 is 0. The molecule has 0 aromatic carbocycles. The Kier molecular flexibility index (Phi) is 4.20. The number of nitrogens with one attached hydrogen (secondary N) is 1. The number of carbonyl (C=O) groups is 1. The van der Waals surface area contributed by atoms with Crippen LogP contribution in [0, 0.1) is 5.92 Å². The van der Waals surface area contributed by atoms with Crippen molar-refractivity contribution < 1.29 is 4.79 Å². The molecule has 2 rings (SSSR count). The molecular formula is C10H18ClNO. The Balaban J connectivity index is 0.000000845. The summed E-state index contributed by atoms with van der Waals surface area (Å²) in [4.78, 5) is 11.5. The van der Waals surface area contributed by atoms with Crippen LogP contribution in [0.2, 0.25) is 0 Å². The van der Waals surface area contributed by atoms with E-state index in [0.29, 0.717) is 11.7 Å². The molecule has 0 spiro atoms. The fraction of sp³-hybridized carbons (Fsp3) is 0.900. The molecule has 1 heterocycles. The average molecular weight is 204 g/mol. The highest BCUT2D eigenvalue weighted by Crippen LogP contribution is 2.29. The SMILES string of the molecule is Cl.O=C1CCCNC1C1CCCC1.